The summed E-state index contributed by atoms with van der Waals surface area (Å²) in [6.07, 6.45) is 5.13. The first-order valence-corrected chi connectivity index (χ1v) is 8.14. The van der Waals surface area contributed by atoms with Crippen LogP contribution in [0.3, 0.4) is 0 Å². The first kappa shape index (κ1) is 15.4. The maximum Gasteiger partial charge on any atom is 0.142 e. The third kappa shape index (κ3) is 3.53. The Morgan fingerprint density at radius 3 is 2.64 bits per heavy atom. The molecule has 0 aliphatic carbocycles. The highest BCUT2D eigenvalue weighted by Gasteiger charge is 2.15. The highest BCUT2D eigenvalue weighted by Crippen LogP contribution is 2.27. The number of benzene rings is 3. The predicted molar refractivity (Wildman–Crippen MR) is 95.9 cm³/mol. The van der Waals surface area contributed by atoms with Crippen molar-refractivity contribution in [3.8, 4) is 5.75 Å². The van der Waals surface area contributed by atoms with Gasteiger partial charge in [-0.25, -0.2) is 9.37 Å². The van der Waals surface area contributed by atoms with E-state index >= 15 is 0 Å². The topological polar surface area (TPSA) is 27.1 Å². The summed E-state index contributed by atoms with van der Waals surface area (Å²) in [6.45, 7) is 0.592. The molecule has 0 bridgehead atoms. The SMILES string of the molecule is Fc1cccc(OC(Cn2ccnc2)c2ccc3ccccc3c2)c1. The van der Waals surface area contributed by atoms with Gasteiger partial charge in [-0.15, -0.1) is 0 Å². The number of rotatable bonds is 5. The Kier molecular flexibility index (Phi) is 4.17. The highest BCUT2D eigenvalue weighted by molar-refractivity contribution is 5.83. The van der Waals surface area contributed by atoms with E-state index in [2.05, 4.69) is 35.3 Å². The van der Waals surface area contributed by atoms with E-state index < -0.39 is 0 Å². The standard InChI is InChI=1S/C21H17FN2O/c22-19-6-3-7-20(13-19)25-21(14-24-11-10-23-15-24)18-9-8-16-4-1-2-5-17(16)12-18/h1-13,15,21H,14H2. The van der Waals surface area contributed by atoms with E-state index in [1.54, 1.807) is 24.7 Å². The second kappa shape index (κ2) is 6.77. The lowest BCUT2D eigenvalue weighted by Crippen LogP contribution is -2.14. The molecule has 3 aromatic carbocycles. The summed E-state index contributed by atoms with van der Waals surface area (Å²) in [5, 5.41) is 2.33. The number of imidazole rings is 1. The van der Waals surface area contributed by atoms with Gasteiger partial charge in [-0.3, -0.25) is 0 Å². The number of aromatic nitrogens is 2. The van der Waals surface area contributed by atoms with E-state index in [1.807, 2.05) is 22.9 Å². The third-order valence-corrected chi connectivity index (χ3v) is 4.16. The fourth-order valence-electron chi connectivity index (χ4n) is 2.91. The number of halogens is 1. The van der Waals surface area contributed by atoms with Gasteiger partial charge in [0.1, 0.15) is 17.7 Å². The maximum absolute atomic E-state index is 13.5. The quantitative estimate of drug-likeness (QED) is 0.514. The van der Waals surface area contributed by atoms with Crippen LogP contribution in [0.5, 0.6) is 5.75 Å². The summed E-state index contributed by atoms with van der Waals surface area (Å²) < 4.78 is 21.6. The zero-order valence-corrected chi connectivity index (χ0v) is 13.5. The van der Waals surface area contributed by atoms with Crippen molar-refractivity contribution < 1.29 is 9.13 Å². The minimum Gasteiger partial charge on any atom is -0.484 e. The average molecular weight is 332 g/mol. The summed E-state index contributed by atoms with van der Waals surface area (Å²) in [5.41, 5.74) is 1.04. The van der Waals surface area contributed by atoms with Gasteiger partial charge in [0.25, 0.3) is 0 Å². The molecule has 4 aromatic rings. The monoisotopic (exact) mass is 332 g/mol. The van der Waals surface area contributed by atoms with Gasteiger partial charge in [0.15, 0.2) is 0 Å². The smallest absolute Gasteiger partial charge is 0.142 e. The van der Waals surface area contributed by atoms with Crippen molar-refractivity contribution in [1.29, 1.82) is 0 Å². The minimum atomic E-state index is -0.308. The molecular formula is C21H17FN2O. The zero-order valence-electron chi connectivity index (χ0n) is 13.5. The molecule has 1 aromatic heterocycles. The van der Waals surface area contributed by atoms with Crippen LogP contribution in [0.15, 0.2) is 85.5 Å². The molecule has 4 heteroatoms. The van der Waals surface area contributed by atoms with Crippen molar-refractivity contribution in [1.82, 2.24) is 9.55 Å². The lowest BCUT2D eigenvalue weighted by molar-refractivity contribution is 0.183. The largest absolute Gasteiger partial charge is 0.484 e. The van der Waals surface area contributed by atoms with Crippen LogP contribution >= 0.6 is 0 Å². The van der Waals surface area contributed by atoms with Crippen LogP contribution in [-0.2, 0) is 6.54 Å². The first-order valence-electron chi connectivity index (χ1n) is 8.14. The van der Waals surface area contributed by atoms with Gasteiger partial charge in [0.05, 0.1) is 12.9 Å². The summed E-state index contributed by atoms with van der Waals surface area (Å²) >= 11 is 0. The summed E-state index contributed by atoms with van der Waals surface area (Å²) in [7, 11) is 0. The molecule has 0 aliphatic rings. The fraction of sp³-hybridized carbons (Fsp3) is 0.0952. The average Bonchev–Trinajstić information content (AvgIpc) is 3.14. The van der Waals surface area contributed by atoms with Gasteiger partial charge in [-0.05, 0) is 34.5 Å². The van der Waals surface area contributed by atoms with Gasteiger partial charge < -0.3 is 9.30 Å². The molecule has 0 fully saturated rings. The highest BCUT2D eigenvalue weighted by atomic mass is 19.1. The van der Waals surface area contributed by atoms with Crippen LogP contribution in [0.4, 0.5) is 4.39 Å². The van der Waals surface area contributed by atoms with Crippen LogP contribution in [-0.4, -0.2) is 9.55 Å². The van der Waals surface area contributed by atoms with Gasteiger partial charge in [-0.1, -0.05) is 42.5 Å². The molecule has 0 spiro atoms. The van der Waals surface area contributed by atoms with Crippen molar-refractivity contribution in [3.63, 3.8) is 0 Å². The zero-order chi connectivity index (χ0) is 17.1. The molecule has 0 amide bonds. The number of ether oxygens (including phenoxy) is 1. The Balaban J connectivity index is 1.70. The lowest BCUT2D eigenvalue weighted by atomic mass is 10.0. The molecular weight excluding hydrogens is 315 g/mol. The summed E-state index contributed by atoms with van der Waals surface area (Å²) in [4.78, 5) is 4.09. The number of nitrogens with zero attached hydrogens (tertiary/aromatic N) is 2. The number of hydrogen-bond acceptors (Lipinski definition) is 2. The number of hydrogen-bond donors (Lipinski definition) is 0. The van der Waals surface area contributed by atoms with Gasteiger partial charge in [-0.2, -0.15) is 0 Å². The second-order valence-corrected chi connectivity index (χ2v) is 5.93. The predicted octanol–water partition coefficient (Wildman–Crippen LogP) is 5.00. The molecule has 0 saturated carbocycles. The van der Waals surface area contributed by atoms with Crippen molar-refractivity contribution in [2.75, 3.05) is 0 Å². The molecule has 0 radical (unpaired) electrons. The van der Waals surface area contributed by atoms with E-state index in [4.69, 9.17) is 4.74 Å². The van der Waals surface area contributed by atoms with E-state index in [0.29, 0.717) is 12.3 Å². The molecule has 0 N–H and O–H groups in total. The van der Waals surface area contributed by atoms with Crippen LogP contribution in [0, 0.1) is 5.82 Å². The normalized spacial score (nSPS) is 12.2. The number of fused-ring (bicyclic) bond motifs is 1. The third-order valence-electron chi connectivity index (χ3n) is 4.16. The maximum atomic E-state index is 13.5. The molecule has 25 heavy (non-hydrogen) atoms. The summed E-state index contributed by atoms with van der Waals surface area (Å²) in [6, 6.07) is 20.7. The minimum absolute atomic E-state index is 0.249. The van der Waals surface area contributed by atoms with Crippen LogP contribution < -0.4 is 4.74 Å². The van der Waals surface area contributed by atoms with Crippen LogP contribution in [0.2, 0.25) is 0 Å². The molecule has 0 aliphatic heterocycles. The van der Waals surface area contributed by atoms with Crippen molar-refractivity contribution in [3.05, 3.63) is 96.8 Å². The van der Waals surface area contributed by atoms with E-state index in [9.17, 15) is 4.39 Å². The molecule has 1 heterocycles. The van der Waals surface area contributed by atoms with Crippen LogP contribution in [0.1, 0.15) is 11.7 Å². The fourth-order valence-corrected chi connectivity index (χ4v) is 2.91. The lowest BCUT2D eigenvalue weighted by Gasteiger charge is -2.21. The Hall–Kier alpha value is -3.14. The van der Waals surface area contributed by atoms with Gasteiger partial charge in [0.2, 0.25) is 0 Å². The van der Waals surface area contributed by atoms with E-state index in [1.165, 1.54) is 17.5 Å². The van der Waals surface area contributed by atoms with E-state index in [-0.39, 0.29) is 11.9 Å². The molecule has 4 rings (SSSR count). The Morgan fingerprint density at radius 1 is 0.960 bits per heavy atom. The Bertz CT molecular complexity index is 982. The second-order valence-electron chi connectivity index (χ2n) is 5.93. The molecule has 0 saturated heterocycles. The van der Waals surface area contributed by atoms with Crippen molar-refractivity contribution in [2.45, 2.75) is 12.6 Å². The molecule has 1 atom stereocenters. The molecule has 3 nitrogen and oxygen atoms in total. The Labute approximate surface area is 145 Å². The van der Waals surface area contributed by atoms with Crippen molar-refractivity contribution in [2.24, 2.45) is 0 Å². The first-order chi connectivity index (χ1) is 12.3. The molecule has 124 valence electrons. The van der Waals surface area contributed by atoms with Gasteiger partial charge >= 0.3 is 0 Å². The van der Waals surface area contributed by atoms with Crippen molar-refractivity contribution >= 4 is 10.8 Å². The van der Waals surface area contributed by atoms with E-state index in [0.717, 1.165) is 10.9 Å². The van der Waals surface area contributed by atoms with Crippen LogP contribution in [0.25, 0.3) is 10.8 Å². The Morgan fingerprint density at radius 2 is 1.84 bits per heavy atom. The summed E-state index contributed by atoms with van der Waals surface area (Å²) in [5.74, 6) is 0.204. The molecule has 1 unspecified atom stereocenters. The van der Waals surface area contributed by atoms with Gasteiger partial charge in [0, 0.05) is 18.5 Å².